The Morgan fingerprint density at radius 2 is 2.12 bits per heavy atom. The Hall–Kier alpha value is -0.940. The fourth-order valence-electron chi connectivity index (χ4n) is 2.48. The van der Waals surface area contributed by atoms with E-state index in [1.165, 1.54) is 6.42 Å². The van der Waals surface area contributed by atoms with E-state index in [0.717, 1.165) is 43.8 Å². The number of hydrogen-bond acceptors (Lipinski definition) is 5. The van der Waals surface area contributed by atoms with Crippen LogP contribution in [0.25, 0.3) is 0 Å². The summed E-state index contributed by atoms with van der Waals surface area (Å²) in [7, 11) is 0. The Labute approximate surface area is 102 Å². The second-order valence-electron chi connectivity index (χ2n) is 5.27. The lowest BCUT2D eigenvalue weighted by Crippen LogP contribution is -2.44. The fraction of sp³-hybridized carbons (Fsp3) is 0.833. The van der Waals surface area contributed by atoms with Gasteiger partial charge in [0, 0.05) is 32.1 Å². The van der Waals surface area contributed by atoms with Crippen molar-refractivity contribution in [1.82, 2.24) is 20.4 Å². The van der Waals surface area contributed by atoms with Gasteiger partial charge in [0.1, 0.15) is 0 Å². The Kier molecular flexibility index (Phi) is 2.88. The summed E-state index contributed by atoms with van der Waals surface area (Å²) >= 11 is 0. The van der Waals surface area contributed by atoms with Gasteiger partial charge in [0.15, 0.2) is 5.82 Å². The largest absolute Gasteiger partial charge is 0.338 e. The molecule has 1 saturated heterocycles. The van der Waals surface area contributed by atoms with Crippen molar-refractivity contribution in [3.63, 3.8) is 0 Å². The van der Waals surface area contributed by atoms with E-state index in [0.29, 0.717) is 5.92 Å². The Morgan fingerprint density at radius 3 is 2.76 bits per heavy atom. The highest BCUT2D eigenvalue weighted by atomic mass is 16.5. The highest BCUT2D eigenvalue weighted by Gasteiger charge is 2.38. The smallest absolute Gasteiger partial charge is 0.243 e. The van der Waals surface area contributed by atoms with E-state index in [9.17, 15) is 0 Å². The van der Waals surface area contributed by atoms with Crippen LogP contribution in [0, 0.1) is 5.92 Å². The molecule has 1 aliphatic heterocycles. The molecule has 0 amide bonds. The molecule has 2 aliphatic rings. The molecule has 0 bridgehead atoms. The number of aromatic nitrogens is 2. The minimum Gasteiger partial charge on any atom is -0.338 e. The van der Waals surface area contributed by atoms with Gasteiger partial charge >= 0.3 is 0 Å². The van der Waals surface area contributed by atoms with E-state index in [4.69, 9.17) is 4.52 Å². The van der Waals surface area contributed by atoms with Crippen molar-refractivity contribution in [3.05, 3.63) is 11.7 Å². The van der Waals surface area contributed by atoms with Crippen molar-refractivity contribution in [3.8, 4) is 0 Å². The van der Waals surface area contributed by atoms with Crippen molar-refractivity contribution < 1.29 is 4.52 Å². The number of hydrogen-bond donors (Lipinski definition) is 1. The molecule has 1 aliphatic carbocycles. The maximum atomic E-state index is 5.41. The van der Waals surface area contributed by atoms with E-state index in [-0.39, 0.29) is 6.04 Å². The van der Waals surface area contributed by atoms with Crippen LogP contribution >= 0.6 is 0 Å². The van der Waals surface area contributed by atoms with Crippen LogP contribution in [-0.2, 0) is 0 Å². The molecular formula is C12H20N4O. The van der Waals surface area contributed by atoms with Gasteiger partial charge in [-0.2, -0.15) is 4.98 Å². The van der Waals surface area contributed by atoms with Crippen molar-refractivity contribution in [2.24, 2.45) is 5.92 Å². The van der Waals surface area contributed by atoms with E-state index in [2.05, 4.69) is 34.2 Å². The lowest BCUT2D eigenvalue weighted by Gasteiger charge is -2.30. The molecule has 0 radical (unpaired) electrons. The summed E-state index contributed by atoms with van der Waals surface area (Å²) < 4.78 is 5.41. The first kappa shape index (κ1) is 11.2. The first-order chi connectivity index (χ1) is 8.25. The third-order valence-electron chi connectivity index (χ3n) is 3.96. The van der Waals surface area contributed by atoms with Crippen LogP contribution in [0.5, 0.6) is 0 Å². The lowest BCUT2D eigenvalue weighted by molar-refractivity contribution is 0.154. The fourth-order valence-corrected chi connectivity index (χ4v) is 2.48. The minimum atomic E-state index is 0.243. The van der Waals surface area contributed by atoms with Gasteiger partial charge in [-0.25, -0.2) is 0 Å². The monoisotopic (exact) mass is 236 g/mol. The van der Waals surface area contributed by atoms with Gasteiger partial charge in [-0.3, -0.25) is 4.90 Å². The zero-order chi connectivity index (χ0) is 11.8. The summed E-state index contributed by atoms with van der Waals surface area (Å²) in [4.78, 5) is 6.95. The molecule has 1 saturated carbocycles. The Morgan fingerprint density at radius 1 is 1.41 bits per heavy atom. The van der Waals surface area contributed by atoms with Crippen molar-refractivity contribution in [2.45, 2.75) is 32.2 Å². The SMILES string of the molecule is CC1CC1c1noc(C(C)N2CCNCC2)n1. The van der Waals surface area contributed by atoms with Crippen LogP contribution in [0.3, 0.4) is 0 Å². The molecule has 94 valence electrons. The molecule has 3 unspecified atom stereocenters. The maximum Gasteiger partial charge on any atom is 0.243 e. The maximum absolute atomic E-state index is 5.41. The zero-order valence-electron chi connectivity index (χ0n) is 10.5. The van der Waals surface area contributed by atoms with Crippen LogP contribution in [0.2, 0.25) is 0 Å². The van der Waals surface area contributed by atoms with Crippen LogP contribution < -0.4 is 5.32 Å². The molecule has 5 nitrogen and oxygen atoms in total. The summed E-state index contributed by atoms with van der Waals surface area (Å²) in [6.45, 7) is 8.59. The summed E-state index contributed by atoms with van der Waals surface area (Å²) in [5.41, 5.74) is 0. The number of piperazine rings is 1. The van der Waals surface area contributed by atoms with Gasteiger partial charge in [-0.15, -0.1) is 0 Å². The third-order valence-corrected chi connectivity index (χ3v) is 3.96. The van der Waals surface area contributed by atoms with Crippen LogP contribution in [0.15, 0.2) is 4.52 Å². The van der Waals surface area contributed by atoms with Crippen LogP contribution in [0.1, 0.15) is 43.9 Å². The second-order valence-corrected chi connectivity index (χ2v) is 5.27. The topological polar surface area (TPSA) is 54.2 Å². The summed E-state index contributed by atoms with van der Waals surface area (Å²) in [5.74, 6) is 2.97. The second kappa shape index (κ2) is 4.38. The van der Waals surface area contributed by atoms with Crippen LogP contribution in [0.4, 0.5) is 0 Å². The van der Waals surface area contributed by atoms with Crippen LogP contribution in [-0.4, -0.2) is 41.2 Å². The number of nitrogens with one attached hydrogen (secondary N) is 1. The van der Waals surface area contributed by atoms with Crippen molar-refractivity contribution in [2.75, 3.05) is 26.2 Å². The molecule has 1 aromatic rings. The summed E-state index contributed by atoms with van der Waals surface area (Å²) in [5, 5.41) is 7.47. The molecule has 0 spiro atoms. The average Bonchev–Trinajstić information content (AvgIpc) is 2.92. The first-order valence-electron chi connectivity index (χ1n) is 6.54. The normalized spacial score (nSPS) is 31.4. The van der Waals surface area contributed by atoms with E-state index in [1.54, 1.807) is 0 Å². The first-order valence-corrected chi connectivity index (χ1v) is 6.54. The highest BCUT2D eigenvalue weighted by Crippen LogP contribution is 2.45. The molecule has 17 heavy (non-hydrogen) atoms. The highest BCUT2D eigenvalue weighted by molar-refractivity contribution is 5.08. The minimum absolute atomic E-state index is 0.243. The zero-order valence-corrected chi connectivity index (χ0v) is 10.5. The quantitative estimate of drug-likeness (QED) is 0.853. The van der Waals surface area contributed by atoms with Gasteiger partial charge in [0.2, 0.25) is 5.89 Å². The Balaban J connectivity index is 1.68. The van der Waals surface area contributed by atoms with Crippen molar-refractivity contribution in [1.29, 1.82) is 0 Å². The Bertz CT molecular complexity index is 386. The third kappa shape index (κ3) is 2.21. The molecule has 1 aromatic heterocycles. The molecule has 2 fully saturated rings. The van der Waals surface area contributed by atoms with Gasteiger partial charge in [-0.1, -0.05) is 12.1 Å². The molecule has 2 heterocycles. The summed E-state index contributed by atoms with van der Waals surface area (Å²) in [6, 6.07) is 0.243. The molecule has 3 atom stereocenters. The molecule has 1 N–H and O–H groups in total. The van der Waals surface area contributed by atoms with Gasteiger partial charge < -0.3 is 9.84 Å². The predicted octanol–water partition coefficient (Wildman–Crippen LogP) is 1.16. The summed E-state index contributed by atoms with van der Waals surface area (Å²) in [6.07, 6.45) is 1.21. The standard InChI is InChI=1S/C12H20N4O/c1-8-7-10(8)11-14-12(17-15-11)9(2)16-5-3-13-4-6-16/h8-10,13H,3-7H2,1-2H3. The van der Waals surface area contributed by atoms with Gasteiger partial charge in [-0.05, 0) is 19.3 Å². The van der Waals surface area contributed by atoms with E-state index < -0.39 is 0 Å². The number of rotatable bonds is 3. The lowest BCUT2D eigenvalue weighted by atomic mass is 10.2. The van der Waals surface area contributed by atoms with Crippen molar-refractivity contribution >= 4 is 0 Å². The average molecular weight is 236 g/mol. The van der Waals surface area contributed by atoms with E-state index in [1.807, 2.05) is 0 Å². The van der Waals surface area contributed by atoms with Gasteiger partial charge in [0.25, 0.3) is 0 Å². The van der Waals surface area contributed by atoms with E-state index >= 15 is 0 Å². The predicted molar refractivity (Wildman–Crippen MR) is 63.7 cm³/mol. The molecular weight excluding hydrogens is 216 g/mol. The molecule has 3 rings (SSSR count). The van der Waals surface area contributed by atoms with Gasteiger partial charge in [0.05, 0.1) is 6.04 Å². The molecule has 5 heteroatoms. The molecule has 0 aromatic carbocycles. The number of nitrogens with zero attached hydrogens (tertiary/aromatic N) is 3.